The zero-order valence-corrected chi connectivity index (χ0v) is 13.8. The van der Waals surface area contributed by atoms with Gasteiger partial charge >= 0.3 is 0 Å². The van der Waals surface area contributed by atoms with Gasteiger partial charge in [-0.3, -0.25) is 14.9 Å². The molecule has 8 nitrogen and oxygen atoms in total. The first-order chi connectivity index (χ1) is 12.0. The lowest BCUT2D eigenvalue weighted by Gasteiger charge is -2.05. The first-order valence-corrected chi connectivity index (χ1v) is 7.55. The van der Waals surface area contributed by atoms with Crippen LogP contribution in [0, 0.1) is 10.1 Å². The van der Waals surface area contributed by atoms with E-state index >= 15 is 0 Å². The van der Waals surface area contributed by atoms with E-state index in [9.17, 15) is 14.9 Å². The van der Waals surface area contributed by atoms with Crippen molar-refractivity contribution in [1.29, 1.82) is 0 Å². The number of benzene rings is 2. The number of nitrogens with zero attached hydrogens (tertiary/aromatic N) is 2. The molecule has 0 heterocycles. The van der Waals surface area contributed by atoms with Crippen molar-refractivity contribution in [3.8, 4) is 0 Å². The van der Waals surface area contributed by atoms with Crippen molar-refractivity contribution >= 4 is 34.7 Å². The van der Waals surface area contributed by atoms with Crippen LogP contribution in [-0.2, 0) is 16.1 Å². The maximum Gasteiger partial charge on any atom is 0.289 e. The second-order valence-electron chi connectivity index (χ2n) is 4.99. The second-order valence-corrected chi connectivity index (χ2v) is 5.40. The van der Waals surface area contributed by atoms with Crippen LogP contribution in [0.1, 0.15) is 5.56 Å². The summed E-state index contributed by atoms with van der Waals surface area (Å²) in [5, 5.41) is 16.9. The van der Waals surface area contributed by atoms with Crippen molar-refractivity contribution in [3.63, 3.8) is 0 Å². The highest BCUT2D eigenvalue weighted by molar-refractivity contribution is 6.32. The summed E-state index contributed by atoms with van der Waals surface area (Å²) in [6.07, 6.45) is 0.395. The van der Waals surface area contributed by atoms with E-state index in [1.807, 2.05) is 30.3 Å². The average molecular weight is 363 g/mol. The predicted octanol–water partition coefficient (Wildman–Crippen LogP) is 2.72. The van der Waals surface area contributed by atoms with E-state index < -0.39 is 10.8 Å². The van der Waals surface area contributed by atoms with Crippen LogP contribution in [-0.4, -0.2) is 23.3 Å². The van der Waals surface area contributed by atoms with Gasteiger partial charge in [-0.15, -0.1) is 0 Å². The molecule has 0 fully saturated rings. The SMILES string of the molecule is N/C(Cc1ccccc1)=N\OCC(=O)Nc1ccc(Cl)c([N+](=O)[O-])c1. The number of hydrogen-bond donors (Lipinski definition) is 2. The van der Waals surface area contributed by atoms with Gasteiger partial charge in [0.15, 0.2) is 6.61 Å². The third-order valence-electron chi connectivity index (χ3n) is 3.03. The number of rotatable bonds is 7. The van der Waals surface area contributed by atoms with Crippen LogP contribution in [0.25, 0.3) is 0 Å². The van der Waals surface area contributed by atoms with Crippen molar-refractivity contribution < 1.29 is 14.6 Å². The third kappa shape index (κ3) is 5.78. The molecule has 1 amide bonds. The Balaban J connectivity index is 1.85. The Labute approximate surface area is 148 Å². The maximum atomic E-state index is 11.8. The third-order valence-corrected chi connectivity index (χ3v) is 3.35. The number of halogens is 1. The minimum absolute atomic E-state index is 0.0162. The molecule has 0 aliphatic rings. The lowest BCUT2D eigenvalue weighted by Crippen LogP contribution is -2.20. The molecule has 25 heavy (non-hydrogen) atoms. The van der Waals surface area contributed by atoms with Crippen LogP contribution in [0.15, 0.2) is 53.7 Å². The zero-order valence-electron chi connectivity index (χ0n) is 13.0. The fraction of sp³-hybridized carbons (Fsp3) is 0.125. The highest BCUT2D eigenvalue weighted by Gasteiger charge is 2.14. The summed E-state index contributed by atoms with van der Waals surface area (Å²) in [6, 6.07) is 13.4. The number of oxime groups is 1. The molecule has 3 N–H and O–H groups in total. The Kier molecular flexibility index (Phi) is 6.30. The van der Waals surface area contributed by atoms with Crippen molar-refractivity contribution in [2.75, 3.05) is 11.9 Å². The fourth-order valence-corrected chi connectivity index (χ4v) is 2.13. The van der Waals surface area contributed by atoms with Gasteiger partial charge in [0.25, 0.3) is 11.6 Å². The lowest BCUT2D eigenvalue weighted by atomic mass is 10.1. The molecule has 9 heteroatoms. The van der Waals surface area contributed by atoms with E-state index in [0.717, 1.165) is 11.6 Å². The highest BCUT2D eigenvalue weighted by atomic mass is 35.5. The molecule has 0 aliphatic heterocycles. The molecule has 0 unspecified atom stereocenters. The van der Waals surface area contributed by atoms with Crippen LogP contribution >= 0.6 is 11.6 Å². The minimum Gasteiger partial charge on any atom is -0.384 e. The predicted molar refractivity (Wildman–Crippen MR) is 94.5 cm³/mol. The van der Waals surface area contributed by atoms with Crippen molar-refractivity contribution in [2.45, 2.75) is 6.42 Å². The summed E-state index contributed by atoms with van der Waals surface area (Å²) < 4.78 is 0. The largest absolute Gasteiger partial charge is 0.384 e. The first-order valence-electron chi connectivity index (χ1n) is 7.17. The first kappa shape index (κ1) is 18.2. The molecular weight excluding hydrogens is 348 g/mol. The quantitative estimate of drug-likeness (QED) is 0.339. The summed E-state index contributed by atoms with van der Waals surface area (Å²) in [7, 11) is 0. The van der Waals surface area contributed by atoms with Crippen LogP contribution in [0.5, 0.6) is 0 Å². The summed E-state index contributed by atoms with van der Waals surface area (Å²) in [6.45, 7) is -0.383. The van der Waals surface area contributed by atoms with Crippen LogP contribution in [0.2, 0.25) is 5.02 Å². The standard InChI is InChI=1S/C16H15ClN4O4/c17-13-7-6-12(9-14(13)21(23)24)19-16(22)10-25-20-15(18)8-11-4-2-1-3-5-11/h1-7,9H,8,10H2,(H2,18,20)(H,19,22). The van der Waals surface area contributed by atoms with E-state index in [-0.39, 0.29) is 28.8 Å². The lowest BCUT2D eigenvalue weighted by molar-refractivity contribution is -0.384. The molecule has 0 aromatic heterocycles. The van der Waals surface area contributed by atoms with Gasteiger partial charge in [-0.05, 0) is 17.7 Å². The number of hydrogen-bond acceptors (Lipinski definition) is 5. The smallest absolute Gasteiger partial charge is 0.289 e. The maximum absolute atomic E-state index is 11.8. The molecule has 2 aromatic carbocycles. The van der Waals surface area contributed by atoms with Crippen molar-refractivity contribution in [2.24, 2.45) is 10.9 Å². The van der Waals surface area contributed by atoms with Gasteiger partial charge in [-0.25, -0.2) is 0 Å². The van der Waals surface area contributed by atoms with Crippen LogP contribution < -0.4 is 11.1 Å². The zero-order chi connectivity index (χ0) is 18.2. The van der Waals surface area contributed by atoms with Crippen LogP contribution in [0.3, 0.4) is 0 Å². The normalized spacial score (nSPS) is 11.0. The number of amides is 1. The fourth-order valence-electron chi connectivity index (χ4n) is 1.94. The van der Waals surface area contributed by atoms with Gasteiger partial charge in [0.05, 0.1) is 4.92 Å². The molecular formula is C16H15ClN4O4. The van der Waals surface area contributed by atoms with Gasteiger partial charge in [0.1, 0.15) is 10.9 Å². The van der Waals surface area contributed by atoms with Gasteiger partial charge in [0.2, 0.25) is 0 Å². The Morgan fingerprint density at radius 1 is 1.28 bits per heavy atom. The monoisotopic (exact) mass is 362 g/mol. The number of carbonyl (C=O) groups is 1. The molecule has 0 atom stereocenters. The molecule has 0 saturated heterocycles. The van der Waals surface area contributed by atoms with Crippen LogP contribution in [0.4, 0.5) is 11.4 Å². The number of amidine groups is 1. The molecule has 130 valence electrons. The summed E-state index contributed by atoms with van der Waals surface area (Å²) in [4.78, 5) is 26.8. The number of nitro groups is 1. The van der Waals surface area contributed by atoms with Crippen molar-refractivity contribution in [1.82, 2.24) is 0 Å². The Morgan fingerprint density at radius 3 is 2.68 bits per heavy atom. The Bertz CT molecular complexity index is 796. The molecule has 0 spiro atoms. The number of carbonyl (C=O) groups excluding carboxylic acids is 1. The van der Waals surface area contributed by atoms with E-state index in [2.05, 4.69) is 10.5 Å². The van der Waals surface area contributed by atoms with Gasteiger partial charge in [-0.1, -0.05) is 47.1 Å². The molecule has 0 bridgehead atoms. The topological polar surface area (TPSA) is 120 Å². The molecule has 0 saturated carbocycles. The van der Waals surface area contributed by atoms with E-state index in [1.54, 1.807) is 0 Å². The van der Waals surface area contributed by atoms with E-state index in [4.69, 9.17) is 22.2 Å². The molecule has 2 aromatic rings. The number of nitrogens with two attached hydrogens (primary N) is 1. The molecule has 0 radical (unpaired) electrons. The number of nitrogens with one attached hydrogen (secondary N) is 1. The highest BCUT2D eigenvalue weighted by Crippen LogP contribution is 2.27. The minimum atomic E-state index is -0.636. The Morgan fingerprint density at radius 2 is 2.00 bits per heavy atom. The average Bonchev–Trinajstić information content (AvgIpc) is 2.57. The van der Waals surface area contributed by atoms with Crippen molar-refractivity contribution in [3.05, 3.63) is 69.2 Å². The van der Waals surface area contributed by atoms with Gasteiger partial charge in [0, 0.05) is 18.2 Å². The van der Waals surface area contributed by atoms with Gasteiger partial charge < -0.3 is 15.9 Å². The summed E-state index contributed by atoms with van der Waals surface area (Å²) in [5.41, 5.74) is 6.61. The summed E-state index contributed by atoms with van der Waals surface area (Å²) >= 11 is 5.70. The second kappa shape index (κ2) is 8.65. The van der Waals surface area contributed by atoms with Gasteiger partial charge in [-0.2, -0.15) is 0 Å². The number of anilines is 1. The molecule has 2 rings (SSSR count). The summed E-state index contributed by atoms with van der Waals surface area (Å²) in [5.74, 6) is -0.311. The Hall–Kier alpha value is -3.13. The number of nitro benzene ring substituents is 1. The van der Waals surface area contributed by atoms with E-state index in [0.29, 0.717) is 6.42 Å². The van der Waals surface area contributed by atoms with E-state index in [1.165, 1.54) is 12.1 Å². The molecule has 0 aliphatic carbocycles.